The minimum absolute atomic E-state index is 0.303. The third-order valence-corrected chi connectivity index (χ3v) is 3.42. The van der Waals surface area contributed by atoms with Crippen molar-refractivity contribution >= 4 is 11.7 Å². The lowest BCUT2D eigenvalue weighted by atomic mass is 10.1. The second kappa shape index (κ2) is 7.11. The van der Waals surface area contributed by atoms with Crippen LogP contribution in [0, 0.1) is 11.3 Å². The molecule has 2 amide bonds. The summed E-state index contributed by atoms with van der Waals surface area (Å²) < 4.78 is 0. The molecule has 0 saturated heterocycles. The highest BCUT2D eigenvalue weighted by molar-refractivity contribution is 5.89. The van der Waals surface area contributed by atoms with Gasteiger partial charge in [0.2, 0.25) is 0 Å². The van der Waals surface area contributed by atoms with Crippen LogP contribution in [0.1, 0.15) is 11.1 Å². The molecule has 0 aliphatic carbocycles. The number of urea groups is 1. The third kappa shape index (κ3) is 3.78. The van der Waals surface area contributed by atoms with Crippen LogP contribution in [0.25, 0.3) is 11.4 Å². The van der Waals surface area contributed by atoms with Gasteiger partial charge in [-0.2, -0.15) is 5.26 Å². The van der Waals surface area contributed by atoms with Gasteiger partial charge in [0, 0.05) is 30.2 Å². The molecular weight excluding hydrogens is 302 g/mol. The molecule has 0 atom stereocenters. The Bertz CT molecular complexity index is 863. The molecule has 3 N–H and O–H groups in total. The van der Waals surface area contributed by atoms with E-state index in [9.17, 15) is 4.79 Å². The second-order valence-corrected chi connectivity index (χ2v) is 5.13. The fourth-order valence-electron chi connectivity index (χ4n) is 2.24. The van der Waals surface area contributed by atoms with E-state index >= 15 is 0 Å². The standard InChI is InChI=1S/C18H15N5O/c19-11-13-4-6-16(7-5-13)23-18(24)22-12-14-2-1-3-15(10-14)17-20-8-9-21-17/h1-10H,12H2,(H,20,21)(H2,22,23,24). The maximum Gasteiger partial charge on any atom is 0.319 e. The van der Waals surface area contributed by atoms with E-state index in [0.717, 1.165) is 17.0 Å². The van der Waals surface area contributed by atoms with E-state index in [1.807, 2.05) is 30.3 Å². The van der Waals surface area contributed by atoms with E-state index in [1.54, 1.807) is 36.7 Å². The first kappa shape index (κ1) is 15.3. The number of imidazole rings is 1. The van der Waals surface area contributed by atoms with Gasteiger partial charge in [-0.05, 0) is 35.9 Å². The van der Waals surface area contributed by atoms with Gasteiger partial charge in [0.05, 0.1) is 11.6 Å². The summed E-state index contributed by atoms with van der Waals surface area (Å²) in [5.41, 5.74) is 3.12. The lowest BCUT2D eigenvalue weighted by Gasteiger charge is -2.08. The SMILES string of the molecule is N#Cc1ccc(NC(=O)NCc2cccc(-c3ncc[nH]3)c2)cc1. The summed E-state index contributed by atoms with van der Waals surface area (Å²) in [7, 11) is 0. The van der Waals surface area contributed by atoms with Gasteiger partial charge in [0.15, 0.2) is 0 Å². The highest BCUT2D eigenvalue weighted by Gasteiger charge is 2.04. The maximum atomic E-state index is 11.9. The van der Waals surface area contributed by atoms with E-state index < -0.39 is 0 Å². The monoisotopic (exact) mass is 317 g/mol. The molecule has 6 nitrogen and oxygen atoms in total. The first-order chi connectivity index (χ1) is 11.7. The lowest BCUT2D eigenvalue weighted by molar-refractivity contribution is 0.251. The van der Waals surface area contributed by atoms with Gasteiger partial charge in [-0.15, -0.1) is 0 Å². The molecule has 0 spiro atoms. The molecule has 0 aliphatic rings. The Morgan fingerprint density at radius 2 is 2.04 bits per heavy atom. The van der Waals surface area contributed by atoms with Crippen LogP contribution >= 0.6 is 0 Å². The minimum Gasteiger partial charge on any atom is -0.345 e. The quantitative estimate of drug-likeness (QED) is 0.689. The molecule has 3 aromatic rings. The minimum atomic E-state index is -0.303. The van der Waals surface area contributed by atoms with E-state index in [2.05, 4.69) is 20.6 Å². The maximum absolute atomic E-state index is 11.9. The Hall–Kier alpha value is -3.59. The van der Waals surface area contributed by atoms with Crippen LogP contribution in [0.2, 0.25) is 0 Å². The van der Waals surface area contributed by atoms with Crippen molar-refractivity contribution in [2.45, 2.75) is 6.54 Å². The van der Waals surface area contributed by atoms with Crippen molar-refractivity contribution < 1.29 is 4.79 Å². The van der Waals surface area contributed by atoms with Crippen molar-refractivity contribution in [2.75, 3.05) is 5.32 Å². The molecular formula is C18H15N5O. The Kier molecular flexibility index (Phi) is 4.54. The van der Waals surface area contributed by atoms with Crippen LogP contribution in [0.3, 0.4) is 0 Å². The van der Waals surface area contributed by atoms with Crippen LogP contribution in [0.15, 0.2) is 60.9 Å². The van der Waals surface area contributed by atoms with Crippen molar-refractivity contribution in [1.82, 2.24) is 15.3 Å². The molecule has 0 bridgehead atoms. The molecule has 0 saturated carbocycles. The molecule has 0 radical (unpaired) electrons. The van der Waals surface area contributed by atoms with Gasteiger partial charge in [0.1, 0.15) is 5.82 Å². The smallest absolute Gasteiger partial charge is 0.319 e. The number of hydrogen-bond donors (Lipinski definition) is 3. The molecule has 0 aliphatic heterocycles. The number of carbonyl (C=O) groups excluding carboxylic acids is 1. The van der Waals surface area contributed by atoms with E-state index in [-0.39, 0.29) is 6.03 Å². The number of carbonyl (C=O) groups is 1. The van der Waals surface area contributed by atoms with Gasteiger partial charge in [-0.3, -0.25) is 0 Å². The Balaban J connectivity index is 1.58. The van der Waals surface area contributed by atoms with Crippen LogP contribution in [0.5, 0.6) is 0 Å². The average Bonchev–Trinajstić information content (AvgIpc) is 3.16. The van der Waals surface area contributed by atoms with E-state index in [4.69, 9.17) is 5.26 Å². The third-order valence-electron chi connectivity index (χ3n) is 3.42. The fourth-order valence-corrected chi connectivity index (χ4v) is 2.24. The largest absolute Gasteiger partial charge is 0.345 e. The second-order valence-electron chi connectivity index (χ2n) is 5.13. The van der Waals surface area contributed by atoms with Gasteiger partial charge < -0.3 is 15.6 Å². The number of nitrogens with zero attached hydrogens (tertiary/aromatic N) is 2. The van der Waals surface area contributed by atoms with E-state index in [0.29, 0.717) is 17.8 Å². The molecule has 24 heavy (non-hydrogen) atoms. The van der Waals surface area contributed by atoms with Gasteiger partial charge in [-0.1, -0.05) is 18.2 Å². The summed E-state index contributed by atoms with van der Waals surface area (Å²) in [6.07, 6.45) is 3.47. The summed E-state index contributed by atoms with van der Waals surface area (Å²) in [5.74, 6) is 0.791. The van der Waals surface area contributed by atoms with Crippen LogP contribution in [-0.2, 0) is 6.54 Å². The number of aromatic amines is 1. The predicted molar refractivity (Wildman–Crippen MR) is 91.0 cm³/mol. The van der Waals surface area contributed by atoms with Crippen molar-refractivity contribution in [2.24, 2.45) is 0 Å². The zero-order chi connectivity index (χ0) is 16.8. The number of rotatable bonds is 4. The number of hydrogen-bond acceptors (Lipinski definition) is 3. The molecule has 0 unspecified atom stereocenters. The number of nitrogens with one attached hydrogen (secondary N) is 3. The number of anilines is 1. The molecule has 6 heteroatoms. The van der Waals surface area contributed by atoms with E-state index in [1.165, 1.54) is 0 Å². The molecule has 3 rings (SSSR count). The average molecular weight is 317 g/mol. The number of benzene rings is 2. The topological polar surface area (TPSA) is 93.6 Å². The summed E-state index contributed by atoms with van der Waals surface area (Å²) in [6.45, 7) is 0.399. The number of amides is 2. The summed E-state index contributed by atoms with van der Waals surface area (Å²) in [6, 6.07) is 16.2. The highest BCUT2D eigenvalue weighted by atomic mass is 16.2. The highest BCUT2D eigenvalue weighted by Crippen LogP contribution is 2.16. The van der Waals surface area contributed by atoms with Crippen molar-refractivity contribution in [3.63, 3.8) is 0 Å². The van der Waals surface area contributed by atoms with Crippen LogP contribution < -0.4 is 10.6 Å². The predicted octanol–water partition coefficient (Wildman–Crippen LogP) is 3.27. The molecule has 2 aromatic carbocycles. The Morgan fingerprint density at radius 3 is 2.75 bits per heavy atom. The van der Waals surface area contributed by atoms with Crippen LogP contribution in [0.4, 0.5) is 10.5 Å². The molecule has 1 aromatic heterocycles. The number of nitriles is 1. The normalized spacial score (nSPS) is 9.96. The Labute approximate surface area is 139 Å². The number of aromatic nitrogens is 2. The number of H-pyrrole nitrogens is 1. The summed E-state index contributed by atoms with van der Waals surface area (Å²) >= 11 is 0. The zero-order valence-electron chi connectivity index (χ0n) is 12.8. The van der Waals surface area contributed by atoms with Crippen LogP contribution in [-0.4, -0.2) is 16.0 Å². The molecule has 0 fully saturated rings. The zero-order valence-corrected chi connectivity index (χ0v) is 12.8. The molecule has 118 valence electrons. The lowest BCUT2D eigenvalue weighted by Crippen LogP contribution is -2.28. The van der Waals surface area contributed by atoms with Gasteiger partial charge >= 0.3 is 6.03 Å². The summed E-state index contributed by atoms with van der Waals surface area (Å²) in [4.78, 5) is 19.2. The summed E-state index contributed by atoms with van der Waals surface area (Å²) in [5, 5.41) is 14.3. The van der Waals surface area contributed by atoms with Gasteiger partial charge in [-0.25, -0.2) is 9.78 Å². The molecule has 1 heterocycles. The van der Waals surface area contributed by atoms with Crippen molar-refractivity contribution in [1.29, 1.82) is 5.26 Å². The first-order valence-electron chi connectivity index (χ1n) is 7.38. The van der Waals surface area contributed by atoms with Crippen molar-refractivity contribution in [3.8, 4) is 17.5 Å². The van der Waals surface area contributed by atoms with Gasteiger partial charge in [0.25, 0.3) is 0 Å². The Morgan fingerprint density at radius 1 is 1.21 bits per heavy atom. The van der Waals surface area contributed by atoms with Crippen molar-refractivity contribution in [3.05, 3.63) is 72.1 Å². The fraction of sp³-hybridized carbons (Fsp3) is 0.0556. The first-order valence-corrected chi connectivity index (χ1v) is 7.38.